The Hall–Kier alpha value is -0.530. The van der Waals surface area contributed by atoms with E-state index < -0.39 is 6.10 Å². The number of aliphatic hydroxyl groups excluding tert-OH is 1. The number of hydrogen-bond donors (Lipinski definition) is 1. The number of benzene rings is 1. The maximum atomic E-state index is 9.18. The van der Waals surface area contributed by atoms with Crippen molar-refractivity contribution in [2.24, 2.45) is 0 Å². The second-order valence-corrected chi connectivity index (χ2v) is 2.81. The number of alkyl halides is 1. The minimum atomic E-state index is -0.418. The zero-order valence-electron chi connectivity index (χ0n) is 6.20. The fraction of sp³-hybridized carbons (Fsp3) is 0.333. The van der Waals surface area contributed by atoms with Crippen LogP contribution < -0.4 is 0 Å². The Bertz CT molecular complexity index is 198. The molecule has 0 saturated heterocycles. The van der Waals surface area contributed by atoms with Crippen molar-refractivity contribution in [2.45, 2.75) is 12.5 Å². The molecule has 2 heteroatoms. The first-order valence-electron chi connectivity index (χ1n) is 3.61. The molecule has 1 rings (SSSR count). The van der Waals surface area contributed by atoms with Crippen molar-refractivity contribution in [3.05, 3.63) is 35.9 Å². The van der Waals surface area contributed by atoms with E-state index >= 15 is 0 Å². The number of hydrogen-bond acceptors (Lipinski definition) is 1. The largest absolute Gasteiger partial charge is 0.392 e. The van der Waals surface area contributed by atoms with Gasteiger partial charge in [0.2, 0.25) is 0 Å². The van der Waals surface area contributed by atoms with Crippen LogP contribution >= 0.6 is 11.6 Å². The van der Waals surface area contributed by atoms with Crippen LogP contribution in [0.15, 0.2) is 30.3 Å². The zero-order valence-corrected chi connectivity index (χ0v) is 6.96. The van der Waals surface area contributed by atoms with Gasteiger partial charge in [-0.05, 0) is 12.0 Å². The molecule has 1 atom stereocenters. The van der Waals surface area contributed by atoms with Crippen LogP contribution in [-0.4, -0.2) is 17.1 Å². The Balaban J connectivity index is 2.51. The molecule has 0 saturated carbocycles. The lowest BCUT2D eigenvalue weighted by Crippen LogP contribution is -2.11. The molecule has 0 heterocycles. The van der Waals surface area contributed by atoms with Gasteiger partial charge in [-0.15, -0.1) is 11.6 Å². The van der Waals surface area contributed by atoms with Gasteiger partial charge in [0.15, 0.2) is 0 Å². The number of halogens is 1. The maximum Gasteiger partial charge on any atom is 0.0715 e. The number of rotatable bonds is 3. The van der Waals surface area contributed by atoms with Crippen LogP contribution in [-0.2, 0) is 6.42 Å². The van der Waals surface area contributed by atoms with Crippen molar-refractivity contribution in [3.63, 3.8) is 0 Å². The molecule has 0 radical (unpaired) electrons. The number of aliphatic hydroxyl groups is 1. The van der Waals surface area contributed by atoms with Gasteiger partial charge in [-0.25, -0.2) is 0 Å². The second kappa shape index (κ2) is 4.37. The SMILES string of the molecule is O[C@@H](CCl)Cc1ccccc1. The van der Waals surface area contributed by atoms with Gasteiger partial charge in [0, 0.05) is 5.88 Å². The Morgan fingerprint density at radius 2 is 1.91 bits per heavy atom. The quantitative estimate of drug-likeness (QED) is 0.687. The highest BCUT2D eigenvalue weighted by Crippen LogP contribution is 2.03. The zero-order chi connectivity index (χ0) is 8.10. The summed E-state index contributed by atoms with van der Waals surface area (Å²) in [6.07, 6.45) is 0.226. The molecule has 0 aliphatic rings. The Labute approximate surface area is 71.6 Å². The van der Waals surface area contributed by atoms with Crippen LogP contribution in [0.25, 0.3) is 0 Å². The topological polar surface area (TPSA) is 20.2 Å². The summed E-state index contributed by atoms with van der Waals surface area (Å²) in [6, 6.07) is 9.83. The van der Waals surface area contributed by atoms with E-state index in [4.69, 9.17) is 11.6 Å². The normalized spacial score (nSPS) is 12.9. The average molecular weight is 171 g/mol. The van der Waals surface area contributed by atoms with Crippen LogP contribution in [0.3, 0.4) is 0 Å². The summed E-state index contributed by atoms with van der Waals surface area (Å²) in [5.74, 6) is 0.300. The fourth-order valence-electron chi connectivity index (χ4n) is 0.941. The van der Waals surface area contributed by atoms with Gasteiger partial charge in [-0.1, -0.05) is 30.3 Å². The summed E-state index contributed by atoms with van der Waals surface area (Å²) in [5, 5.41) is 9.18. The van der Waals surface area contributed by atoms with Gasteiger partial charge in [0.05, 0.1) is 6.10 Å². The molecular weight excluding hydrogens is 160 g/mol. The first-order valence-corrected chi connectivity index (χ1v) is 4.14. The molecule has 0 aromatic heterocycles. The molecule has 1 nitrogen and oxygen atoms in total. The second-order valence-electron chi connectivity index (χ2n) is 2.50. The molecular formula is C9H11ClO. The monoisotopic (exact) mass is 170 g/mol. The van der Waals surface area contributed by atoms with E-state index in [0.29, 0.717) is 12.3 Å². The van der Waals surface area contributed by atoms with E-state index in [0.717, 1.165) is 5.56 Å². The van der Waals surface area contributed by atoms with Crippen molar-refractivity contribution in [3.8, 4) is 0 Å². The first-order chi connectivity index (χ1) is 5.33. The van der Waals surface area contributed by atoms with Crippen LogP contribution in [0, 0.1) is 0 Å². The fourth-order valence-corrected chi connectivity index (χ4v) is 1.05. The Morgan fingerprint density at radius 3 is 2.45 bits per heavy atom. The Morgan fingerprint density at radius 1 is 1.27 bits per heavy atom. The lowest BCUT2D eigenvalue weighted by molar-refractivity contribution is 0.199. The predicted molar refractivity (Wildman–Crippen MR) is 46.9 cm³/mol. The highest BCUT2D eigenvalue weighted by Gasteiger charge is 2.01. The molecule has 1 aromatic rings. The average Bonchev–Trinajstić information content (AvgIpc) is 2.06. The third-order valence-corrected chi connectivity index (χ3v) is 1.85. The summed E-state index contributed by atoms with van der Waals surface area (Å²) in [5.41, 5.74) is 1.13. The minimum Gasteiger partial charge on any atom is -0.392 e. The van der Waals surface area contributed by atoms with Crippen molar-refractivity contribution in [1.29, 1.82) is 0 Å². The van der Waals surface area contributed by atoms with Crippen LogP contribution in [0.2, 0.25) is 0 Å². The predicted octanol–water partition coefficient (Wildman–Crippen LogP) is 1.83. The van der Waals surface area contributed by atoms with Crippen LogP contribution in [0.5, 0.6) is 0 Å². The third-order valence-electron chi connectivity index (χ3n) is 1.49. The highest BCUT2D eigenvalue weighted by molar-refractivity contribution is 6.18. The molecule has 1 aromatic carbocycles. The molecule has 60 valence electrons. The van der Waals surface area contributed by atoms with Gasteiger partial charge >= 0.3 is 0 Å². The molecule has 0 spiro atoms. The molecule has 0 aliphatic heterocycles. The molecule has 0 bridgehead atoms. The first kappa shape index (κ1) is 8.57. The summed E-state index contributed by atoms with van der Waals surface area (Å²) < 4.78 is 0. The molecule has 0 unspecified atom stereocenters. The Kier molecular flexibility index (Phi) is 3.40. The van der Waals surface area contributed by atoms with E-state index in [1.165, 1.54) is 0 Å². The van der Waals surface area contributed by atoms with E-state index in [1.54, 1.807) is 0 Å². The summed E-state index contributed by atoms with van der Waals surface area (Å²) in [6.45, 7) is 0. The lowest BCUT2D eigenvalue weighted by atomic mass is 10.1. The van der Waals surface area contributed by atoms with Crippen molar-refractivity contribution >= 4 is 11.6 Å². The van der Waals surface area contributed by atoms with E-state index in [-0.39, 0.29) is 0 Å². The smallest absolute Gasteiger partial charge is 0.0715 e. The van der Waals surface area contributed by atoms with E-state index in [2.05, 4.69) is 0 Å². The van der Waals surface area contributed by atoms with Crippen molar-refractivity contribution in [1.82, 2.24) is 0 Å². The lowest BCUT2D eigenvalue weighted by Gasteiger charge is -2.05. The van der Waals surface area contributed by atoms with Gasteiger partial charge in [0.25, 0.3) is 0 Å². The molecule has 1 N–H and O–H groups in total. The summed E-state index contributed by atoms with van der Waals surface area (Å²) >= 11 is 5.45. The van der Waals surface area contributed by atoms with Crippen molar-refractivity contribution in [2.75, 3.05) is 5.88 Å². The molecule has 0 aliphatic carbocycles. The van der Waals surface area contributed by atoms with Crippen LogP contribution in [0.1, 0.15) is 5.56 Å². The standard InChI is InChI=1S/C9H11ClO/c10-7-9(11)6-8-4-2-1-3-5-8/h1-5,9,11H,6-7H2/t9-/m1/s1. The van der Waals surface area contributed by atoms with Gasteiger partial charge in [0.1, 0.15) is 0 Å². The van der Waals surface area contributed by atoms with Gasteiger partial charge in [-0.2, -0.15) is 0 Å². The minimum absolute atomic E-state index is 0.300. The van der Waals surface area contributed by atoms with Gasteiger partial charge in [-0.3, -0.25) is 0 Å². The highest BCUT2D eigenvalue weighted by atomic mass is 35.5. The van der Waals surface area contributed by atoms with Gasteiger partial charge < -0.3 is 5.11 Å². The molecule has 11 heavy (non-hydrogen) atoms. The molecule has 0 amide bonds. The van der Waals surface area contributed by atoms with Crippen molar-refractivity contribution < 1.29 is 5.11 Å². The molecule has 0 fully saturated rings. The van der Waals surface area contributed by atoms with E-state index in [1.807, 2.05) is 30.3 Å². The summed E-state index contributed by atoms with van der Waals surface area (Å²) in [4.78, 5) is 0. The van der Waals surface area contributed by atoms with Crippen LogP contribution in [0.4, 0.5) is 0 Å². The van der Waals surface area contributed by atoms with E-state index in [9.17, 15) is 5.11 Å². The maximum absolute atomic E-state index is 9.18. The summed E-state index contributed by atoms with van der Waals surface area (Å²) in [7, 11) is 0. The third kappa shape index (κ3) is 2.91.